The van der Waals surface area contributed by atoms with E-state index in [0.717, 1.165) is 24.9 Å². The second-order valence-corrected chi connectivity index (χ2v) is 5.62. The van der Waals surface area contributed by atoms with Crippen molar-refractivity contribution in [2.45, 2.75) is 32.1 Å². The van der Waals surface area contributed by atoms with Crippen LogP contribution in [-0.2, 0) is 6.42 Å². The smallest absolute Gasteiger partial charge is 0.167 e. The summed E-state index contributed by atoms with van der Waals surface area (Å²) in [5.41, 5.74) is 2.23. The average Bonchev–Trinajstić information content (AvgIpc) is 2.43. The molecule has 1 aliphatic carbocycles. The highest BCUT2D eigenvalue weighted by Crippen LogP contribution is 2.26. The molecule has 0 saturated carbocycles. The number of Topliss-reactive ketones (excluding diaryl/α,β-unsaturated/α-hetero) is 1. The Morgan fingerprint density at radius 3 is 2.72 bits per heavy atom. The number of likely N-dealkylation sites (tertiary alicyclic amines) is 1. The Labute approximate surface area is 109 Å². The predicted octanol–water partition coefficient (Wildman–Crippen LogP) is 2.92. The molecule has 1 unspecified atom stereocenters. The van der Waals surface area contributed by atoms with Crippen LogP contribution < -0.4 is 0 Å². The van der Waals surface area contributed by atoms with Gasteiger partial charge in [0.1, 0.15) is 0 Å². The molecule has 0 N–H and O–H groups in total. The Hall–Kier alpha value is -1.15. The SMILES string of the molecule is O=C1c2ccccc2CCC1CN1CCCCC1. The van der Waals surface area contributed by atoms with Gasteiger partial charge >= 0.3 is 0 Å². The molecule has 1 heterocycles. The van der Waals surface area contributed by atoms with E-state index in [-0.39, 0.29) is 5.92 Å². The molecule has 2 heteroatoms. The van der Waals surface area contributed by atoms with Crippen LogP contribution in [0, 0.1) is 5.92 Å². The summed E-state index contributed by atoms with van der Waals surface area (Å²) in [4.78, 5) is 14.9. The van der Waals surface area contributed by atoms with Crippen molar-refractivity contribution in [1.29, 1.82) is 0 Å². The number of benzene rings is 1. The fourth-order valence-corrected chi connectivity index (χ4v) is 3.29. The number of ketones is 1. The van der Waals surface area contributed by atoms with Gasteiger partial charge in [-0.15, -0.1) is 0 Å². The predicted molar refractivity (Wildman–Crippen MR) is 72.9 cm³/mol. The molecule has 2 aliphatic rings. The molecule has 1 aromatic rings. The van der Waals surface area contributed by atoms with Crippen LogP contribution in [-0.4, -0.2) is 30.3 Å². The first kappa shape index (κ1) is 11.9. The van der Waals surface area contributed by atoms with E-state index in [9.17, 15) is 4.79 Å². The molecule has 0 radical (unpaired) electrons. The molecular formula is C16H21NO. The second-order valence-electron chi connectivity index (χ2n) is 5.62. The first-order chi connectivity index (χ1) is 8.84. The molecule has 1 fully saturated rings. The Morgan fingerprint density at radius 1 is 1.11 bits per heavy atom. The minimum Gasteiger partial charge on any atom is -0.303 e. The summed E-state index contributed by atoms with van der Waals surface area (Å²) < 4.78 is 0. The highest BCUT2D eigenvalue weighted by Gasteiger charge is 2.28. The molecule has 18 heavy (non-hydrogen) atoms. The number of rotatable bonds is 2. The van der Waals surface area contributed by atoms with Crippen LogP contribution in [0.25, 0.3) is 0 Å². The van der Waals surface area contributed by atoms with Crippen LogP contribution in [0.15, 0.2) is 24.3 Å². The van der Waals surface area contributed by atoms with Gasteiger partial charge in [-0.1, -0.05) is 30.7 Å². The van der Waals surface area contributed by atoms with Gasteiger partial charge in [-0.3, -0.25) is 4.79 Å². The van der Waals surface area contributed by atoms with Crippen LogP contribution >= 0.6 is 0 Å². The Balaban J connectivity index is 1.70. The van der Waals surface area contributed by atoms with E-state index in [1.54, 1.807) is 0 Å². The quantitative estimate of drug-likeness (QED) is 0.796. The molecule has 0 amide bonds. The molecule has 1 saturated heterocycles. The number of aryl methyl sites for hydroxylation is 1. The van der Waals surface area contributed by atoms with Crippen LogP contribution in [0.4, 0.5) is 0 Å². The van der Waals surface area contributed by atoms with Crippen molar-refractivity contribution in [2.75, 3.05) is 19.6 Å². The average molecular weight is 243 g/mol. The third kappa shape index (κ3) is 2.35. The number of hydrogen-bond donors (Lipinski definition) is 0. The van der Waals surface area contributed by atoms with Crippen molar-refractivity contribution in [3.63, 3.8) is 0 Å². The van der Waals surface area contributed by atoms with Crippen molar-refractivity contribution in [2.24, 2.45) is 5.92 Å². The summed E-state index contributed by atoms with van der Waals surface area (Å²) in [5, 5.41) is 0. The first-order valence-corrected chi connectivity index (χ1v) is 7.19. The number of fused-ring (bicyclic) bond motifs is 1. The van der Waals surface area contributed by atoms with Gasteiger partial charge in [0, 0.05) is 18.0 Å². The summed E-state index contributed by atoms with van der Waals surface area (Å²) >= 11 is 0. The maximum atomic E-state index is 12.5. The van der Waals surface area contributed by atoms with Crippen LogP contribution in [0.1, 0.15) is 41.6 Å². The molecular weight excluding hydrogens is 222 g/mol. The lowest BCUT2D eigenvalue weighted by Gasteiger charge is -2.32. The molecule has 1 atom stereocenters. The van der Waals surface area contributed by atoms with Gasteiger partial charge in [-0.2, -0.15) is 0 Å². The van der Waals surface area contributed by atoms with E-state index in [1.807, 2.05) is 18.2 Å². The Morgan fingerprint density at radius 2 is 1.89 bits per heavy atom. The summed E-state index contributed by atoms with van der Waals surface area (Å²) in [7, 11) is 0. The van der Waals surface area contributed by atoms with Gasteiger partial charge in [0.05, 0.1) is 0 Å². The summed E-state index contributed by atoms with van der Waals surface area (Å²) in [6.45, 7) is 3.35. The second kappa shape index (κ2) is 5.23. The number of carbonyl (C=O) groups excluding carboxylic acids is 1. The lowest BCUT2D eigenvalue weighted by Crippen LogP contribution is -2.38. The van der Waals surface area contributed by atoms with Crippen molar-refractivity contribution in [3.8, 4) is 0 Å². The van der Waals surface area contributed by atoms with Gasteiger partial charge in [0.2, 0.25) is 0 Å². The summed E-state index contributed by atoms with van der Waals surface area (Å²) in [6, 6.07) is 8.13. The number of piperidine rings is 1. The molecule has 2 nitrogen and oxygen atoms in total. The van der Waals surface area contributed by atoms with E-state index in [4.69, 9.17) is 0 Å². The lowest BCUT2D eigenvalue weighted by molar-refractivity contribution is 0.0845. The van der Waals surface area contributed by atoms with Crippen molar-refractivity contribution < 1.29 is 4.79 Å². The van der Waals surface area contributed by atoms with Crippen molar-refractivity contribution >= 4 is 5.78 Å². The van der Waals surface area contributed by atoms with Crippen LogP contribution in [0.2, 0.25) is 0 Å². The van der Waals surface area contributed by atoms with Gasteiger partial charge in [-0.25, -0.2) is 0 Å². The largest absolute Gasteiger partial charge is 0.303 e. The normalized spacial score (nSPS) is 24.9. The molecule has 1 aliphatic heterocycles. The van der Waals surface area contributed by atoms with Crippen molar-refractivity contribution in [3.05, 3.63) is 35.4 Å². The number of hydrogen-bond acceptors (Lipinski definition) is 2. The first-order valence-electron chi connectivity index (χ1n) is 7.19. The molecule has 0 aromatic heterocycles. The third-order valence-electron chi connectivity index (χ3n) is 4.34. The number of carbonyl (C=O) groups is 1. The molecule has 3 rings (SSSR count). The maximum Gasteiger partial charge on any atom is 0.167 e. The fourth-order valence-electron chi connectivity index (χ4n) is 3.29. The number of nitrogens with zero attached hydrogens (tertiary/aromatic N) is 1. The zero-order chi connectivity index (χ0) is 12.4. The summed E-state index contributed by atoms with van der Waals surface area (Å²) in [6.07, 6.45) is 6.07. The van der Waals surface area contributed by atoms with E-state index in [1.165, 1.54) is 37.9 Å². The van der Waals surface area contributed by atoms with E-state index < -0.39 is 0 Å². The third-order valence-corrected chi connectivity index (χ3v) is 4.34. The topological polar surface area (TPSA) is 20.3 Å². The molecule has 0 bridgehead atoms. The monoisotopic (exact) mass is 243 g/mol. The highest BCUT2D eigenvalue weighted by atomic mass is 16.1. The zero-order valence-corrected chi connectivity index (χ0v) is 10.9. The van der Waals surface area contributed by atoms with Gasteiger partial charge in [0.25, 0.3) is 0 Å². The van der Waals surface area contributed by atoms with Crippen molar-refractivity contribution in [1.82, 2.24) is 4.90 Å². The fraction of sp³-hybridized carbons (Fsp3) is 0.562. The molecule has 1 aromatic carbocycles. The Kier molecular flexibility index (Phi) is 3.46. The highest BCUT2D eigenvalue weighted by molar-refractivity contribution is 6.00. The maximum absolute atomic E-state index is 12.5. The van der Waals surface area contributed by atoms with Gasteiger partial charge in [0.15, 0.2) is 5.78 Å². The standard InChI is InChI=1S/C16H21NO/c18-16-14(12-17-10-4-1-5-11-17)9-8-13-6-2-3-7-15(13)16/h2-3,6-7,14H,1,4-5,8-12H2. The van der Waals surface area contributed by atoms with Crippen LogP contribution in [0.5, 0.6) is 0 Å². The van der Waals surface area contributed by atoms with E-state index >= 15 is 0 Å². The van der Waals surface area contributed by atoms with E-state index in [2.05, 4.69) is 11.0 Å². The minimum absolute atomic E-state index is 0.234. The minimum atomic E-state index is 0.234. The summed E-state index contributed by atoms with van der Waals surface area (Å²) in [5.74, 6) is 0.612. The molecule has 96 valence electrons. The van der Waals surface area contributed by atoms with E-state index in [0.29, 0.717) is 5.78 Å². The van der Waals surface area contributed by atoms with Gasteiger partial charge in [-0.05, 0) is 44.3 Å². The zero-order valence-electron chi connectivity index (χ0n) is 10.9. The van der Waals surface area contributed by atoms with Crippen LogP contribution in [0.3, 0.4) is 0 Å². The molecule has 0 spiro atoms. The van der Waals surface area contributed by atoms with Gasteiger partial charge < -0.3 is 4.90 Å². The Bertz CT molecular complexity index is 434. The lowest BCUT2D eigenvalue weighted by atomic mass is 9.82.